The van der Waals surface area contributed by atoms with Crippen molar-refractivity contribution in [3.8, 4) is 0 Å². The van der Waals surface area contributed by atoms with E-state index in [2.05, 4.69) is 47.1 Å². The first kappa shape index (κ1) is 10.2. The Labute approximate surface area is 93.8 Å². The molecule has 1 aliphatic rings. The van der Waals surface area contributed by atoms with Gasteiger partial charge in [0.2, 0.25) is 0 Å². The average Bonchev–Trinajstić information content (AvgIpc) is 3.01. The van der Waals surface area contributed by atoms with Crippen LogP contribution in [0.4, 0.5) is 0 Å². The lowest BCUT2D eigenvalue weighted by Gasteiger charge is -2.29. The third kappa shape index (κ3) is 1.61. The molecule has 1 saturated carbocycles. The molecule has 1 aromatic rings. The zero-order chi connectivity index (χ0) is 10.2. The first-order valence-electron chi connectivity index (χ1n) is 5.13. The van der Waals surface area contributed by atoms with Crippen molar-refractivity contribution >= 4 is 15.9 Å². The normalized spacial score (nSPS) is 20.5. The second-order valence-corrected chi connectivity index (χ2v) is 5.23. The smallest absolute Gasteiger partial charge is 0.0213 e. The van der Waals surface area contributed by atoms with Crippen molar-refractivity contribution in [1.82, 2.24) is 0 Å². The third-order valence-electron chi connectivity index (χ3n) is 3.39. The van der Waals surface area contributed by atoms with E-state index in [1.165, 1.54) is 22.9 Å². The first-order valence-corrected chi connectivity index (χ1v) is 5.93. The molecule has 1 atom stereocenters. The maximum absolute atomic E-state index is 5.93. The minimum absolute atomic E-state index is 0.167. The van der Waals surface area contributed by atoms with Crippen LogP contribution in [-0.2, 0) is 5.41 Å². The molecule has 1 aliphatic carbocycles. The SMILES string of the molecule is CC(CN)(c1ccccc1Br)C1CC1. The lowest BCUT2D eigenvalue weighted by molar-refractivity contribution is 0.419. The van der Waals surface area contributed by atoms with Crippen LogP contribution in [0.5, 0.6) is 0 Å². The van der Waals surface area contributed by atoms with E-state index >= 15 is 0 Å². The predicted molar refractivity (Wildman–Crippen MR) is 63.3 cm³/mol. The number of hydrogen-bond donors (Lipinski definition) is 1. The molecule has 1 aromatic carbocycles. The van der Waals surface area contributed by atoms with Crippen LogP contribution in [0.2, 0.25) is 0 Å². The summed E-state index contributed by atoms with van der Waals surface area (Å²) in [6.45, 7) is 3.02. The maximum Gasteiger partial charge on any atom is 0.0213 e. The summed E-state index contributed by atoms with van der Waals surface area (Å²) in [5.74, 6) is 0.784. The monoisotopic (exact) mass is 253 g/mol. The highest BCUT2D eigenvalue weighted by Gasteiger charge is 2.42. The van der Waals surface area contributed by atoms with Gasteiger partial charge >= 0.3 is 0 Å². The highest BCUT2D eigenvalue weighted by Crippen LogP contribution is 2.48. The Balaban J connectivity index is 2.40. The molecular formula is C12H16BrN. The molecule has 1 unspecified atom stereocenters. The Morgan fingerprint density at radius 3 is 2.57 bits per heavy atom. The summed E-state index contributed by atoms with van der Waals surface area (Å²) in [5.41, 5.74) is 7.46. The van der Waals surface area contributed by atoms with Crippen molar-refractivity contribution in [2.24, 2.45) is 11.7 Å². The van der Waals surface area contributed by atoms with Crippen LogP contribution in [-0.4, -0.2) is 6.54 Å². The van der Waals surface area contributed by atoms with Gasteiger partial charge in [0.15, 0.2) is 0 Å². The van der Waals surface area contributed by atoms with E-state index in [1.807, 2.05) is 0 Å². The van der Waals surface area contributed by atoms with Gasteiger partial charge in [-0.05, 0) is 30.4 Å². The average molecular weight is 254 g/mol. The summed E-state index contributed by atoms with van der Waals surface area (Å²) >= 11 is 3.61. The van der Waals surface area contributed by atoms with Crippen LogP contribution in [0.25, 0.3) is 0 Å². The molecule has 0 heterocycles. The van der Waals surface area contributed by atoms with Gasteiger partial charge < -0.3 is 5.73 Å². The third-order valence-corrected chi connectivity index (χ3v) is 4.08. The van der Waals surface area contributed by atoms with Crippen LogP contribution in [0.15, 0.2) is 28.7 Å². The van der Waals surface area contributed by atoms with Crippen LogP contribution >= 0.6 is 15.9 Å². The van der Waals surface area contributed by atoms with E-state index in [0.29, 0.717) is 0 Å². The van der Waals surface area contributed by atoms with Crippen molar-refractivity contribution in [3.05, 3.63) is 34.3 Å². The molecule has 2 rings (SSSR count). The van der Waals surface area contributed by atoms with Crippen LogP contribution in [0, 0.1) is 5.92 Å². The summed E-state index contributed by atoms with van der Waals surface area (Å²) in [4.78, 5) is 0. The fourth-order valence-electron chi connectivity index (χ4n) is 2.14. The van der Waals surface area contributed by atoms with Gasteiger partial charge in [-0.3, -0.25) is 0 Å². The molecular weight excluding hydrogens is 238 g/mol. The second kappa shape index (κ2) is 3.67. The van der Waals surface area contributed by atoms with Crippen LogP contribution < -0.4 is 5.73 Å². The van der Waals surface area contributed by atoms with Crippen LogP contribution in [0.1, 0.15) is 25.3 Å². The molecule has 1 nitrogen and oxygen atoms in total. The fourth-order valence-corrected chi connectivity index (χ4v) is 2.88. The molecule has 0 bridgehead atoms. The lowest BCUT2D eigenvalue weighted by atomic mass is 9.78. The number of benzene rings is 1. The molecule has 0 aromatic heterocycles. The molecule has 0 saturated heterocycles. The summed E-state index contributed by atoms with van der Waals surface area (Å²) in [6.07, 6.45) is 2.66. The quantitative estimate of drug-likeness (QED) is 0.881. The van der Waals surface area contributed by atoms with Gasteiger partial charge in [0.05, 0.1) is 0 Å². The van der Waals surface area contributed by atoms with Gasteiger partial charge in [-0.15, -0.1) is 0 Å². The molecule has 14 heavy (non-hydrogen) atoms. The van der Waals surface area contributed by atoms with Crippen molar-refractivity contribution < 1.29 is 0 Å². The van der Waals surface area contributed by atoms with E-state index in [4.69, 9.17) is 5.73 Å². The van der Waals surface area contributed by atoms with Gasteiger partial charge in [0.1, 0.15) is 0 Å². The Kier molecular flexibility index (Phi) is 2.67. The fraction of sp³-hybridized carbons (Fsp3) is 0.500. The minimum atomic E-state index is 0.167. The predicted octanol–water partition coefficient (Wildman–Crippen LogP) is 3.08. The van der Waals surface area contributed by atoms with Gasteiger partial charge in [0, 0.05) is 16.4 Å². The Hall–Kier alpha value is -0.340. The molecule has 2 N–H and O–H groups in total. The topological polar surface area (TPSA) is 26.0 Å². The molecule has 2 heteroatoms. The molecule has 0 amide bonds. The summed E-state index contributed by atoms with van der Waals surface area (Å²) < 4.78 is 1.19. The molecule has 0 spiro atoms. The second-order valence-electron chi connectivity index (χ2n) is 4.38. The zero-order valence-corrected chi connectivity index (χ0v) is 10.0. The van der Waals surface area contributed by atoms with E-state index in [9.17, 15) is 0 Å². The summed E-state index contributed by atoms with van der Waals surface area (Å²) in [7, 11) is 0. The van der Waals surface area contributed by atoms with Crippen molar-refractivity contribution in [2.75, 3.05) is 6.54 Å². The van der Waals surface area contributed by atoms with Crippen LogP contribution in [0.3, 0.4) is 0 Å². The number of hydrogen-bond acceptors (Lipinski definition) is 1. The summed E-state index contributed by atoms with van der Waals surface area (Å²) in [6, 6.07) is 8.44. The molecule has 0 aliphatic heterocycles. The van der Waals surface area contributed by atoms with E-state index < -0.39 is 0 Å². The Morgan fingerprint density at radius 1 is 1.43 bits per heavy atom. The van der Waals surface area contributed by atoms with Gasteiger partial charge in [-0.2, -0.15) is 0 Å². The van der Waals surface area contributed by atoms with Crippen molar-refractivity contribution in [1.29, 1.82) is 0 Å². The maximum atomic E-state index is 5.93. The first-order chi connectivity index (χ1) is 6.68. The van der Waals surface area contributed by atoms with Crippen molar-refractivity contribution in [2.45, 2.75) is 25.2 Å². The standard InChI is InChI=1S/C12H16BrN/c1-12(8-14,9-6-7-9)10-4-2-3-5-11(10)13/h2-5,9H,6-8,14H2,1H3. The van der Waals surface area contributed by atoms with Gasteiger partial charge in [-0.25, -0.2) is 0 Å². The summed E-state index contributed by atoms with van der Waals surface area (Å²) in [5, 5.41) is 0. The van der Waals surface area contributed by atoms with E-state index in [0.717, 1.165) is 12.5 Å². The largest absolute Gasteiger partial charge is 0.330 e. The number of halogens is 1. The minimum Gasteiger partial charge on any atom is -0.330 e. The zero-order valence-electron chi connectivity index (χ0n) is 8.46. The Bertz CT molecular complexity index is 333. The highest BCUT2D eigenvalue weighted by atomic mass is 79.9. The molecule has 1 fully saturated rings. The number of rotatable bonds is 3. The van der Waals surface area contributed by atoms with Gasteiger partial charge in [0.25, 0.3) is 0 Å². The highest BCUT2D eigenvalue weighted by molar-refractivity contribution is 9.10. The van der Waals surface area contributed by atoms with Gasteiger partial charge in [-0.1, -0.05) is 41.1 Å². The van der Waals surface area contributed by atoms with E-state index in [-0.39, 0.29) is 5.41 Å². The Morgan fingerprint density at radius 2 is 2.07 bits per heavy atom. The van der Waals surface area contributed by atoms with Crippen molar-refractivity contribution in [3.63, 3.8) is 0 Å². The van der Waals surface area contributed by atoms with E-state index in [1.54, 1.807) is 0 Å². The number of nitrogens with two attached hydrogens (primary N) is 1. The molecule has 76 valence electrons. The lowest BCUT2D eigenvalue weighted by Crippen LogP contribution is -2.34. The molecule has 0 radical (unpaired) electrons.